The number of hydrogen-bond acceptors (Lipinski definition) is 4. The van der Waals surface area contributed by atoms with Crippen molar-refractivity contribution in [2.75, 3.05) is 11.5 Å². The molecular formula is C32H32N2O4. The summed E-state index contributed by atoms with van der Waals surface area (Å²) in [5.74, 6) is -0.832. The van der Waals surface area contributed by atoms with E-state index in [1.807, 2.05) is 80.2 Å². The van der Waals surface area contributed by atoms with Crippen LogP contribution in [0, 0.1) is 6.92 Å². The number of para-hydroxylation sites is 1. The van der Waals surface area contributed by atoms with Crippen molar-refractivity contribution >= 4 is 34.0 Å². The molecule has 1 N–H and O–H groups in total. The van der Waals surface area contributed by atoms with Gasteiger partial charge in [0.05, 0.1) is 18.2 Å². The van der Waals surface area contributed by atoms with Crippen molar-refractivity contribution in [3.63, 3.8) is 0 Å². The summed E-state index contributed by atoms with van der Waals surface area (Å²) in [6, 6.07) is 20.1. The summed E-state index contributed by atoms with van der Waals surface area (Å²) >= 11 is 0. The molecule has 1 atom stereocenters. The molecule has 1 aromatic heterocycles. The van der Waals surface area contributed by atoms with Gasteiger partial charge in [-0.3, -0.25) is 14.5 Å². The van der Waals surface area contributed by atoms with Gasteiger partial charge in [-0.2, -0.15) is 0 Å². The van der Waals surface area contributed by atoms with Gasteiger partial charge in [-0.1, -0.05) is 44.2 Å². The summed E-state index contributed by atoms with van der Waals surface area (Å²) in [7, 11) is 1.94. The van der Waals surface area contributed by atoms with Crippen LogP contribution < -0.4 is 9.64 Å². The van der Waals surface area contributed by atoms with E-state index in [-0.39, 0.29) is 11.3 Å². The molecule has 0 radical (unpaired) electrons. The van der Waals surface area contributed by atoms with E-state index in [1.54, 1.807) is 18.2 Å². The molecule has 0 spiro atoms. The summed E-state index contributed by atoms with van der Waals surface area (Å²) in [5.41, 5.74) is 4.89. The Bertz CT molecular complexity index is 1560. The Hall–Kier alpha value is -4.32. The lowest BCUT2D eigenvalue weighted by atomic mass is 9.94. The smallest absolute Gasteiger partial charge is 0.300 e. The van der Waals surface area contributed by atoms with Crippen molar-refractivity contribution in [1.29, 1.82) is 0 Å². The first kappa shape index (κ1) is 25.3. The van der Waals surface area contributed by atoms with E-state index in [4.69, 9.17) is 4.74 Å². The molecular weight excluding hydrogens is 476 g/mol. The molecule has 1 fully saturated rings. The second-order valence-electron chi connectivity index (χ2n) is 9.73. The molecule has 0 aliphatic carbocycles. The zero-order valence-electron chi connectivity index (χ0n) is 22.2. The molecule has 1 aliphatic rings. The number of rotatable bonds is 7. The van der Waals surface area contributed by atoms with Crippen molar-refractivity contribution in [3.05, 3.63) is 101 Å². The van der Waals surface area contributed by atoms with Crippen molar-refractivity contribution < 1.29 is 19.4 Å². The number of aliphatic hydroxyl groups excluding tert-OH is 1. The van der Waals surface area contributed by atoms with Gasteiger partial charge in [0.1, 0.15) is 11.5 Å². The lowest BCUT2D eigenvalue weighted by molar-refractivity contribution is -0.132. The average molecular weight is 509 g/mol. The number of amides is 1. The van der Waals surface area contributed by atoms with E-state index in [9.17, 15) is 14.7 Å². The quantitative estimate of drug-likeness (QED) is 0.177. The fourth-order valence-corrected chi connectivity index (χ4v) is 5.20. The van der Waals surface area contributed by atoms with Crippen LogP contribution >= 0.6 is 0 Å². The Morgan fingerprint density at radius 2 is 1.74 bits per heavy atom. The maximum atomic E-state index is 13.6. The second kappa shape index (κ2) is 10.2. The standard InChI is InChI=1S/C32H32N2O4/c1-5-17-38-27-16-13-22(18-20(27)3)30(35)28-29(25-19-33(4)26-10-8-7-9-24(25)26)34(32(37)31(28)36)23-14-11-21(6-2)12-15-23/h7-16,18-19,29,35H,5-6,17H2,1-4H3/b30-28+. The highest BCUT2D eigenvalue weighted by atomic mass is 16.5. The summed E-state index contributed by atoms with van der Waals surface area (Å²) < 4.78 is 7.77. The van der Waals surface area contributed by atoms with Crippen LogP contribution in [0.25, 0.3) is 16.7 Å². The lowest BCUT2D eigenvalue weighted by Crippen LogP contribution is -2.29. The summed E-state index contributed by atoms with van der Waals surface area (Å²) in [6.07, 6.45) is 3.69. The van der Waals surface area contributed by atoms with Crippen molar-refractivity contribution in [3.8, 4) is 5.75 Å². The van der Waals surface area contributed by atoms with Crippen LogP contribution in [-0.4, -0.2) is 28.0 Å². The van der Waals surface area contributed by atoms with Crippen LogP contribution in [0.3, 0.4) is 0 Å². The van der Waals surface area contributed by atoms with Gasteiger partial charge >= 0.3 is 0 Å². The molecule has 4 aromatic rings. The summed E-state index contributed by atoms with van der Waals surface area (Å²) in [4.78, 5) is 28.7. The van der Waals surface area contributed by atoms with Gasteiger partial charge in [0.2, 0.25) is 0 Å². The third-order valence-electron chi connectivity index (χ3n) is 7.20. The molecule has 2 heterocycles. The predicted octanol–water partition coefficient (Wildman–Crippen LogP) is 6.46. The Balaban J connectivity index is 1.72. The monoisotopic (exact) mass is 508 g/mol. The molecule has 1 unspecified atom stereocenters. The molecule has 0 saturated carbocycles. The van der Waals surface area contributed by atoms with Crippen molar-refractivity contribution in [1.82, 2.24) is 4.57 Å². The zero-order chi connectivity index (χ0) is 27.0. The minimum atomic E-state index is -0.787. The number of anilines is 1. The van der Waals surface area contributed by atoms with Crippen molar-refractivity contribution in [2.24, 2.45) is 7.05 Å². The number of nitrogens with zero attached hydrogens (tertiary/aromatic N) is 2. The molecule has 6 nitrogen and oxygen atoms in total. The normalized spacial score (nSPS) is 16.9. The van der Waals surface area contributed by atoms with Crippen LogP contribution in [0.1, 0.15) is 48.6 Å². The van der Waals surface area contributed by atoms with E-state index in [2.05, 4.69) is 6.92 Å². The Kier molecular flexibility index (Phi) is 6.81. The predicted molar refractivity (Wildman–Crippen MR) is 150 cm³/mol. The third-order valence-corrected chi connectivity index (χ3v) is 7.20. The molecule has 1 saturated heterocycles. The minimum Gasteiger partial charge on any atom is -0.507 e. The number of aliphatic hydroxyl groups is 1. The van der Waals surface area contributed by atoms with E-state index in [0.717, 1.165) is 46.2 Å². The molecule has 6 heteroatoms. The van der Waals surface area contributed by atoms with Gasteiger partial charge in [-0.15, -0.1) is 0 Å². The highest BCUT2D eigenvalue weighted by molar-refractivity contribution is 6.51. The number of aryl methyl sites for hydroxylation is 3. The van der Waals surface area contributed by atoms with Crippen LogP contribution in [0.5, 0.6) is 5.75 Å². The molecule has 194 valence electrons. The fraction of sp³-hybridized carbons (Fsp3) is 0.250. The van der Waals surface area contributed by atoms with Crippen LogP contribution in [0.15, 0.2) is 78.5 Å². The first-order valence-corrected chi connectivity index (χ1v) is 13.0. The van der Waals surface area contributed by atoms with Gasteiger partial charge in [-0.05, 0) is 67.3 Å². The number of carbonyl (C=O) groups excluding carboxylic acids is 2. The zero-order valence-corrected chi connectivity index (χ0v) is 22.2. The van der Waals surface area contributed by atoms with Gasteiger partial charge < -0.3 is 14.4 Å². The number of fused-ring (bicyclic) bond motifs is 1. The Morgan fingerprint density at radius 1 is 1.00 bits per heavy atom. The summed E-state index contributed by atoms with van der Waals surface area (Å²) in [5, 5.41) is 12.5. The number of ether oxygens (including phenoxy) is 1. The molecule has 38 heavy (non-hydrogen) atoms. The van der Waals surface area contributed by atoms with E-state index in [1.165, 1.54) is 4.90 Å². The molecule has 3 aromatic carbocycles. The van der Waals surface area contributed by atoms with Crippen LogP contribution in [0.4, 0.5) is 5.69 Å². The van der Waals surface area contributed by atoms with E-state index < -0.39 is 17.7 Å². The lowest BCUT2D eigenvalue weighted by Gasteiger charge is -2.25. The maximum absolute atomic E-state index is 13.6. The average Bonchev–Trinajstić information content (AvgIpc) is 3.40. The number of hydrogen-bond donors (Lipinski definition) is 1. The SMILES string of the molecule is CCCOc1ccc(/C(O)=C2\C(=O)C(=O)N(c3ccc(CC)cc3)C2c2cn(C)c3ccccc23)cc1C. The summed E-state index contributed by atoms with van der Waals surface area (Å²) in [6.45, 7) is 6.60. The highest BCUT2D eigenvalue weighted by Gasteiger charge is 2.47. The molecule has 5 rings (SSSR count). The first-order valence-electron chi connectivity index (χ1n) is 13.0. The molecule has 1 amide bonds. The fourth-order valence-electron chi connectivity index (χ4n) is 5.20. The Morgan fingerprint density at radius 3 is 2.42 bits per heavy atom. The number of ketones is 1. The number of Topliss-reactive ketones (excluding diaryl/α,β-unsaturated/α-hetero) is 1. The molecule has 1 aliphatic heterocycles. The van der Waals surface area contributed by atoms with Crippen LogP contribution in [-0.2, 0) is 23.1 Å². The highest BCUT2D eigenvalue weighted by Crippen LogP contribution is 2.45. The maximum Gasteiger partial charge on any atom is 0.300 e. The molecule has 0 bridgehead atoms. The minimum absolute atomic E-state index is 0.0764. The van der Waals surface area contributed by atoms with Gasteiger partial charge in [0.25, 0.3) is 11.7 Å². The van der Waals surface area contributed by atoms with Gasteiger partial charge in [-0.25, -0.2) is 0 Å². The second-order valence-corrected chi connectivity index (χ2v) is 9.73. The third kappa shape index (κ3) is 4.26. The Labute approximate surface area is 222 Å². The topological polar surface area (TPSA) is 71.8 Å². The van der Waals surface area contributed by atoms with Crippen LogP contribution in [0.2, 0.25) is 0 Å². The number of benzene rings is 3. The van der Waals surface area contributed by atoms with Gasteiger partial charge in [0, 0.05) is 41.0 Å². The van der Waals surface area contributed by atoms with E-state index in [0.29, 0.717) is 17.9 Å². The van der Waals surface area contributed by atoms with Crippen molar-refractivity contribution in [2.45, 2.75) is 39.7 Å². The first-order chi connectivity index (χ1) is 18.3. The largest absolute Gasteiger partial charge is 0.507 e. The number of carbonyl (C=O) groups is 2. The number of aromatic nitrogens is 1. The van der Waals surface area contributed by atoms with E-state index >= 15 is 0 Å². The van der Waals surface area contributed by atoms with Gasteiger partial charge in [0.15, 0.2) is 0 Å².